The lowest BCUT2D eigenvalue weighted by Crippen LogP contribution is -2.38. The van der Waals surface area contributed by atoms with Crippen LogP contribution in [0.2, 0.25) is 0 Å². The Balaban J connectivity index is 1.89. The molecule has 8 heteroatoms. The molecule has 1 atom stereocenters. The monoisotopic (exact) mass is 352 g/mol. The van der Waals surface area contributed by atoms with Crippen molar-refractivity contribution in [2.75, 3.05) is 11.9 Å². The number of anilines is 1. The van der Waals surface area contributed by atoms with Crippen LogP contribution in [-0.2, 0) is 24.3 Å². The van der Waals surface area contributed by atoms with Gasteiger partial charge in [-0.15, -0.1) is 0 Å². The lowest BCUT2D eigenvalue weighted by atomic mass is 10.3. The Morgan fingerprint density at radius 2 is 1.92 bits per heavy atom. The van der Waals surface area contributed by atoms with Crippen molar-refractivity contribution >= 4 is 27.6 Å². The van der Waals surface area contributed by atoms with Crippen LogP contribution in [0, 0.1) is 5.92 Å². The largest absolute Gasteiger partial charge is 0.445 e. The number of rotatable bonds is 5. The second kappa shape index (κ2) is 6.52. The van der Waals surface area contributed by atoms with E-state index in [9.17, 15) is 18.0 Å². The van der Waals surface area contributed by atoms with Crippen molar-refractivity contribution in [2.24, 2.45) is 5.92 Å². The molecular formula is C16H20N2O5S. The standard InChI is InChI=1S/C16H20N2O5S/c1-11(19)23-15-7-4-10-18(15)24(21,22)14-6-3-2-5-13(14)17-16(20)12-8-9-12/h2-3,5-6,12,15H,4,7-10H2,1H3,(H,17,20)/t15-/m1/s1. The van der Waals surface area contributed by atoms with Gasteiger partial charge in [-0.2, -0.15) is 4.31 Å². The van der Waals surface area contributed by atoms with Crippen LogP contribution in [0.15, 0.2) is 29.2 Å². The molecule has 1 amide bonds. The molecule has 0 aromatic heterocycles. The zero-order valence-electron chi connectivity index (χ0n) is 13.4. The Bertz CT molecular complexity index is 757. The second-order valence-corrected chi connectivity index (χ2v) is 7.94. The van der Waals surface area contributed by atoms with Gasteiger partial charge in [0.1, 0.15) is 4.90 Å². The summed E-state index contributed by atoms with van der Waals surface area (Å²) >= 11 is 0. The van der Waals surface area contributed by atoms with Crippen molar-refractivity contribution in [1.29, 1.82) is 0 Å². The Morgan fingerprint density at radius 1 is 1.21 bits per heavy atom. The van der Waals surface area contributed by atoms with Crippen LogP contribution < -0.4 is 5.32 Å². The third-order valence-corrected chi connectivity index (χ3v) is 6.08. The molecule has 24 heavy (non-hydrogen) atoms. The molecule has 1 aliphatic heterocycles. The first-order valence-electron chi connectivity index (χ1n) is 7.98. The molecule has 0 radical (unpaired) electrons. The van der Waals surface area contributed by atoms with Gasteiger partial charge in [-0.05, 0) is 31.4 Å². The molecule has 1 N–H and O–H groups in total. The van der Waals surface area contributed by atoms with Crippen LogP contribution in [0.4, 0.5) is 5.69 Å². The number of hydrogen-bond donors (Lipinski definition) is 1. The number of ether oxygens (including phenoxy) is 1. The van der Waals surface area contributed by atoms with E-state index in [1.165, 1.54) is 17.3 Å². The zero-order chi connectivity index (χ0) is 17.3. The summed E-state index contributed by atoms with van der Waals surface area (Å²) in [5.41, 5.74) is 0.267. The Morgan fingerprint density at radius 3 is 2.58 bits per heavy atom. The molecule has 0 spiro atoms. The van der Waals surface area contributed by atoms with Gasteiger partial charge in [0.2, 0.25) is 15.9 Å². The Labute approximate surface area is 141 Å². The number of benzene rings is 1. The highest BCUT2D eigenvalue weighted by molar-refractivity contribution is 7.89. The van der Waals surface area contributed by atoms with Gasteiger partial charge in [0.25, 0.3) is 0 Å². The first-order valence-corrected chi connectivity index (χ1v) is 9.42. The second-order valence-electron chi connectivity index (χ2n) is 6.08. The van der Waals surface area contributed by atoms with Gasteiger partial charge in [0.05, 0.1) is 5.69 Å². The summed E-state index contributed by atoms with van der Waals surface area (Å²) in [4.78, 5) is 23.2. The summed E-state index contributed by atoms with van der Waals surface area (Å²) < 4.78 is 32.3. The molecule has 1 heterocycles. The van der Waals surface area contributed by atoms with Crippen molar-refractivity contribution in [3.05, 3.63) is 24.3 Å². The number of nitrogens with one attached hydrogen (secondary N) is 1. The third kappa shape index (κ3) is 3.44. The smallest absolute Gasteiger partial charge is 0.304 e. The van der Waals surface area contributed by atoms with Crippen molar-refractivity contribution in [3.8, 4) is 0 Å². The predicted molar refractivity (Wildman–Crippen MR) is 86.5 cm³/mol. The zero-order valence-corrected chi connectivity index (χ0v) is 14.2. The third-order valence-electron chi connectivity index (χ3n) is 4.13. The summed E-state index contributed by atoms with van der Waals surface area (Å²) in [6.07, 6.45) is 1.96. The molecular weight excluding hydrogens is 332 g/mol. The van der Waals surface area contributed by atoms with Gasteiger partial charge in [0.15, 0.2) is 6.23 Å². The number of nitrogens with zero attached hydrogens (tertiary/aromatic N) is 1. The van der Waals surface area contributed by atoms with Gasteiger partial charge in [-0.1, -0.05) is 12.1 Å². The van der Waals surface area contributed by atoms with E-state index in [4.69, 9.17) is 4.74 Å². The van der Waals surface area contributed by atoms with E-state index in [1.54, 1.807) is 18.2 Å². The maximum atomic E-state index is 13.0. The van der Waals surface area contributed by atoms with Crippen LogP contribution in [0.5, 0.6) is 0 Å². The lowest BCUT2D eigenvalue weighted by molar-refractivity contribution is -0.150. The molecule has 3 rings (SSSR count). The number of carbonyl (C=O) groups is 2. The molecule has 0 unspecified atom stereocenters. The normalized spacial score (nSPS) is 21.5. The lowest BCUT2D eigenvalue weighted by Gasteiger charge is -2.24. The number of sulfonamides is 1. The number of hydrogen-bond acceptors (Lipinski definition) is 5. The maximum Gasteiger partial charge on any atom is 0.304 e. The first-order chi connectivity index (χ1) is 11.4. The molecule has 2 aliphatic rings. The average Bonchev–Trinajstić information content (AvgIpc) is 3.27. The summed E-state index contributed by atoms with van der Waals surface area (Å²) in [6.45, 7) is 1.54. The van der Waals surface area contributed by atoms with Gasteiger partial charge in [-0.25, -0.2) is 8.42 Å². The molecule has 130 valence electrons. The molecule has 1 saturated heterocycles. The Kier molecular flexibility index (Phi) is 4.60. The summed E-state index contributed by atoms with van der Waals surface area (Å²) in [6, 6.07) is 6.32. The van der Waals surface area contributed by atoms with E-state index < -0.39 is 22.2 Å². The highest BCUT2D eigenvalue weighted by Crippen LogP contribution is 2.33. The molecule has 7 nitrogen and oxygen atoms in total. The fourth-order valence-electron chi connectivity index (χ4n) is 2.80. The van der Waals surface area contributed by atoms with E-state index in [2.05, 4.69) is 5.32 Å². The quantitative estimate of drug-likeness (QED) is 0.814. The van der Waals surface area contributed by atoms with Crippen LogP contribution in [0.25, 0.3) is 0 Å². The molecule has 1 aromatic rings. The van der Waals surface area contributed by atoms with Crippen LogP contribution >= 0.6 is 0 Å². The molecule has 2 fully saturated rings. The van der Waals surface area contributed by atoms with Crippen molar-refractivity contribution in [3.63, 3.8) is 0 Å². The van der Waals surface area contributed by atoms with Crippen LogP contribution in [0.3, 0.4) is 0 Å². The molecule has 1 saturated carbocycles. The predicted octanol–water partition coefficient (Wildman–Crippen LogP) is 1.71. The number of amides is 1. The average molecular weight is 352 g/mol. The van der Waals surface area contributed by atoms with Gasteiger partial charge in [0, 0.05) is 25.8 Å². The molecule has 0 bridgehead atoms. The van der Waals surface area contributed by atoms with Crippen molar-refractivity contribution < 1.29 is 22.7 Å². The molecule has 1 aliphatic carbocycles. The van der Waals surface area contributed by atoms with E-state index in [1.807, 2.05) is 0 Å². The minimum Gasteiger partial charge on any atom is -0.445 e. The van der Waals surface area contributed by atoms with E-state index in [-0.39, 0.29) is 29.0 Å². The van der Waals surface area contributed by atoms with Gasteiger partial charge < -0.3 is 10.1 Å². The number of esters is 1. The van der Waals surface area contributed by atoms with Gasteiger partial charge in [-0.3, -0.25) is 9.59 Å². The van der Waals surface area contributed by atoms with Crippen LogP contribution in [0.1, 0.15) is 32.6 Å². The minimum absolute atomic E-state index is 0.0260. The van der Waals surface area contributed by atoms with E-state index >= 15 is 0 Å². The topological polar surface area (TPSA) is 92.8 Å². The van der Waals surface area contributed by atoms with Crippen molar-refractivity contribution in [2.45, 2.75) is 43.7 Å². The summed E-state index contributed by atoms with van der Waals surface area (Å²) in [5, 5.41) is 2.71. The maximum absolute atomic E-state index is 13.0. The highest BCUT2D eigenvalue weighted by Gasteiger charge is 2.39. The number of carbonyl (C=O) groups excluding carboxylic acids is 2. The fraction of sp³-hybridized carbons (Fsp3) is 0.500. The fourth-order valence-corrected chi connectivity index (χ4v) is 4.52. The minimum atomic E-state index is -3.87. The van der Waals surface area contributed by atoms with Gasteiger partial charge >= 0.3 is 5.97 Å². The van der Waals surface area contributed by atoms with E-state index in [0.29, 0.717) is 12.8 Å². The van der Waals surface area contributed by atoms with E-state index in [0.717, 1.165) is 12.8 Å². The Hall–Kier alpha value is -1.93. The summed E-state index contributed by atoms with van der Waals surface area (Å²) in [7, 11) is -3.87. The first kappa shape index (κ1) is 16.9. The summed E-state index contributed by atoms with van der Waals surface area (Å²) in [5.74, 6) is -0.700. The SMILES string of the molecule is CC(=O)O[C@@H]1CCCN1S(=O)(=O)c1ccccc1NC(=O)C1CC1. The molecule has 1 aromatic carbocycles. The number of para-hydroxylation sites is 1. The van der Waals surface area contributed by atoms with Crippen molar-refractivity contribution in [1.82, 2.24) is 4.31 Å². The highest BCUT2D eigenvalue weighted by atomic mass is 32.2. The van der Waals surface area contributed by atoms with Crippen LogP contribution in [-0.4, -0.2) is 37.4 Å².